The van der Waals surface area contributed by atoms with Crippen molar-refractivity contribution in [2.75, 3.05) is 13.2 Å². The minimum Gasteiger partial charge on any atom is -0.381 e. The van der Waals surface area contributed by atoms with E-state index in [9.17, 15) is 26.7 Å². The van der Waals surface area contributed by atoms with Crippen molar-refractivity contribution < 1.29 is 31.5 Å². The third-order valence-electron chi connectivity index (χ3n) is 3.21. The van der Waals surface area contributed by atoms with Crippen LogP contribution in [0.5, 0.6) is 0 Å². The van der Waals surface area contributed by atoms with Gasteiger partial charge in [-0.15, -0.1) is 0 Å². The highest BCUT2D eigenvalue weighted by molar-refractivity contribution is 5.79. The van der Waals surface area contributed by atoms with Crippen LogP contribution >= 0.6 is 0 Å². The molecule has 0 bridgehead atoms. The van der Waals surface area contributed by atoms with Gasteiger partial charge >= 0.3 is 6.18 Å². The summed E-state index contributed by atoms with van der Waals surface area (Å²) in [6, 6.07) is -0.139. The summed E-state index contributed by atoms with van der Waals surface area (Å²) < 4.78 is 70.7. The van der Waals surface area contributed by atoms with E-state index in [0.717, 1.165) is 12.1 Å². The van der Waals surface area contributed by atoms with Crippen LogP contribution in [0, 0.1) is 17.6 Å². The summed E-state index contributed by atoms with van der Waals surface area (Å²) in [4.78, 5) is 11.8. The van der Waals surface area contributed by atoms with Crippen LogP contribution in [0.3, 0.4) is 0 Å². The lowest BCUT2D eigenvalue weighted by atomic mass is 10.0. The molecule has 1 aliphatic heterocycles. The first kappa shape index (κ1) is 15.7. The predicted octanol–water partition coefficient (Wildman–Crippen LogP) is 2.72. The lowest BCUT2D eigenvalue weighted by molar-refractivity contribution is -0.165. The third kappa shape index (κ3) is 3.49. The smallest absolute Gasteiger partial charge is 0.381 e. The topological polar surface area (TPSA) is 38.3 Å². The fourth-order valence-corrected chi connectivity index (χ4v) is 2.08. The van der Waals surface area contributed by atoms with Crippen molar-refractivity contribution in [1.82, 2.24) is 5.32 Å². The molecule has 2 rings (SSSR count). The molecule has 1 saturated heterocycles. The Kier molecular flexibility index (Phi) is 4.46. The van der Waals surface area contributed by atoms with Gasteiger partial charge in [-0.05, 0) is 12.5 Å². The second-order valence-electron chi connectivity index (χ2n) is 4.69. The Bertz CT molecular complexity index is 526. The molecule has 1 heterocycles. The maximum absolute atomic E-state index is 13.6. The summed E-state index contributed by atoms with van der Waals surface area (Å²) in [7, 11) is 0. The molecule has 8 heteroatoms. The Morgan fingerprint density at radius 2 is 2.05 bits per heavy atom. The van der Waals surface area contributed by atoms with Gasteiger partial charge in [0.25, 0.3) is 0 Å². The van der Waals surface area contributed by atoms with Gasteiger partial charge < -0.3 is 10.1 Å². The molecular weight excluding hydrogens is 297 g/mol. The summed E-state index contributed by atoms with van der Waals surface area (Å²) >= 11 is 0. The number of ether oxygens (including phenoxy) is 1. The Hall–Kier alpha value is -1.70. The van der Waals surface area contributed by atoms with Crippen LogP contribution in [0.25, 0.3) is 0 Å². The van der Waals surface area contributed by atoms with Gasteiger partial charge in [-0.3, -0.25) is 4.79 Å². The number of hydrogen-bond acceptors (Lipinski definition) is 2. The molecule has 0 aromatic heterocycles. The number of nitrogens with one attached hydrogen (secondary N) is 1. The number of alkyl halides is 3. The van der Waals surface area contributed by atoms with E-state index in [1.54, 1.807) is 5.32 Å². The molecule has 0 aliphatic carbocycles. The zero-order chi connectivity index (χ0) is 15.6. The van der Waals surface area contributed by atoms with Crippen LogP contribution in [-0.4, -0.2) is 25.3 Å². The fourth-order valence-electron chi connectivity index (χ4n) is 2.08. The minimum absolute atomic E-state index is 0.0159. The van der Waals surface area contributed by atoms with Crippen LogP contribution in [0.15, 0.2) is 18.2 Å². The van der Waals surface area contributed by atoms with Crippen molar-refractivity contribution in [3.8, 4) is 0 Å². The monoisotopic (exact) mass is 309 g/mol. The van der Waals surface area contributed by atoms with Gasteiger partial charge in [-0.1, -0.05) is 12.1 Å². The van der Waals surface area contributed by atoms with E-state index in [2.05, 4.69) is 0 Å². The normalized spacial score (nSPS) is 20.3. The number of carbonyl (C=O) groups excluding carboxylic acids is 1. The maximum atomic E-state index is 13.6. The van der Waals surface area contributed by atoms with E-state index in [0.29, 0.717) is 12.5 Å². The third-order valence-corrected chi connectivity index (χ3v) is 3.21. The van der Waals surface area contributed by atoms with Crippen molar-refractivity contribution in [2.24, 2.45) is 5.92 Å². The molecule has 1 N–H and O–H groups in total. The highest BCUT2D eigenvalue weighted by atomic mass is 19.4. The molecule has 0 spiro atoms. The van der Waals surface area contributed by atoms with Gasteiger partial charge in [0.15, 0.2) is 17.7 Å². The summed E-state index contributed by atoms with van der Waals surface area (Å²) in [6.45, 7) is 0.297. The molecule has 0 saturated carbocycles. The van der Waals surface area contributed by atoms with Crippen LogP contribution in [0.4, 0.5) is 22.0 Å². The largest absolute Gasteiger partial charge is 0.412 e. The Morgan fingerprint density at radius 3 is 2.62 bits per heavy atom. The fraction of sp³-hybridized carbons (Fsp3) is 0.462. The van der Waals surface area contributed by atoms with Gasteiger partial charge in [0.2, 0.25) is 5.91 Å². The van der Waals surface area contributed by atoms with Crippen LogP contribution < -0.4 is 5.32 Å². The first-order chi connectivity index (χ1) is 9.80. The van der Waals surface area contributed by atoms with Crippen LogP contribution in [0.1, 0.15) is 18.0 Å². The zero-order valence-corrected chi connectivity index (χ0v) is 10.7. The minimum atomic E-state index is -4.94. The van der Waals surface area contributed by atoms with Gasteiger partial charge in [-0.2, -0.15) is 13.2 Å². The summed E-state index contributed by atoms with van der Waals surface area (Å²) in [5.41, 5.74) is -0.949. The van der Waals surface area contributed by atoms with E-state index in [4.69, 9.17) is 4.74 Å². The summed E-state index contributed by atoms with van der Waals surface area (Å²) in [5.74, 6) is -4.63. The molecule has 1 fully saturated rings. The number of halogens is 5. The second kappa shape index (κ2) is 5.97. The van der Waals surface area contributed by atoms with E-state index >= 15 is 0 Å². The highest BCUT2D eigenvalue weighted by Gasteiger charge is 2.44. The van der Waals surface area contributed by atoms with Gasteiger partial charge in [0.05, 0.1) is 12.5 Å². The van der Waals surface area contributed by atoms with Gasteiger partial charge in [-0.25, -0.2) is 8.78 Å². The summed E-state index contributed by atoms with van der Waals surface area (Å²) in [6.07, 6.45) is -4.65. The molecule has 1 aromatic carbocycles. The van der Waals surface area contributed by atoms with Crippen molar-refractivity contribution in [3.05, 3.63) is 35.4 Å². The molecule has 1 aliphatic rings. The quantitative estimate of drug-likeness (QED) is 0.872. The maximum Gasteiger partial charge on any atom is 0.412 e. The lowest BCUT2D eigenvalue weighted by Crippen LogP contribution is -2.41. The number of carbonyl (C=O) groups is 1. The summed E-state index contributed by atoms with van der Waals surface area (Å²) in [5, 5.41) is 1.73. The van der Waals surface area contributed by atoms with Crippen LogP contribution in [0.2, 0.25) is 0 Å². The predicted molar refractivity (Wildman–Crippen MR) is 62.2 cm³/mol. The zero-order valence-electron chi connectivity index (χ0n) is 10.7. The molecule has 3 nitrogen and oxygen atoms in total. The molecule has 1 aromatic rings. The standard InChI is InChI=1S/C13H12F5NO2/c14-9-3-1-2-8(10(9)15)11(13(16,17)18)19-12(20)7-4-5-21-6-7/h1-3,7,11H,4-6H2,(H,19,20). The molecule has 2 unspecified atom stereocenters. The van der Waals surface area contributed by atoms with Crippen molar-refractivity contribution >= 4 is 5.91 Å². The average Bonchev–Trinajstić information content (AvgIpc) is 2.92. The Morgan fingerprint density at radius 1 is 1.33 bits per heavy atom. The molecular formula is C13H12F5NO2. The lowest BCUT2D eigenvalue weighted by Gasteiger charge is -2.23. The van der Waals surface area contributed by atoms with Crippen molar-refractivity contribution in [1.29, 1.82) is 0 Å². The first-order valence-electron chi connectivity index (χ1n) is 6.19. The number of hydrogen-bond donors (Lipinski definition) is 1. The first-order valence-corrected chi connectivity index (χ1v) is 6.19. The van der Waals surface area contributed by atoms with Crippen molar-refractivity contribution in [3.63, 3.8) is 0 Å². The van der Waals surface area contributed by atoms with Gasteiger partial charge in [0.1, 0.15) is 0 Å². The van der Waals surface area contributed by atoms with Crippen LogP contribution in [-0.2, 0) is 9.53 Å². The molecule has 2 atom stereocenters. The van der Waals surface area contributed by atoms with E-state index < -0.39 is 41.2 Å². The molecule has 1 amide bonds. The average molecular weight is 309 g/mol. The van der Waals surface area contributed by atoms with E-state index in [1.807, 2.05) is 0 Å². The Balaban J connectivity index is 2.26. The highest BCUT2D eigenvalue weighted by Crippen LogP contribution is 2.35. The SMILES string of the molecule is O=C(NC(c1cccc(F)c1F)C(F)(F)F)C1CCOC1. The van der Waals surface area contributed by atoms with Crippen molar-refractivity contribution in [2.45, 2.75) is 18.6 Å². The number of amides is 1. The van der Waals surface area contributed by atoms with E-state index in [1.165, 1.54) is 0 Å². The number of rotatable bonds is 3. The number of benzene rings is 1. The van der Waals surface area contributed by atoms with E-state index in [-0.39, 0.29) is 13.2 Å². The molecule has 21 heavy (non-hydrogen) atoms. The molecule has 0 radical (unpaired) electrons. The second-order valence-corrected chi connectivity index (χ2v) is 4.69. The Labute approximate surface area is 117 Å². The molecule has 116 valence electrons. The van der Waals surface area contributed by atoms with Gasteiger partial charge in [0, 0.05) is 12.2 Å².